The molecule has 0 amide bonds. The molecule has 148 valence electrons. The van der Waals surface area contributed by atoms with Gasteiger partial charge >= 0.3 is 6.29 Å². The van der Waals surface area contributed by atoms with Gasteiger partial charge in [0.05, 0.1) is 5.75 Å². The lowest BCUT2D eigenvalue weighted by Crippen LogP contribution is -2.25. The van der Waals surface area contributed by atoms with Gasteiger partial charge in [-0.2, -0.15) is 0 Å². The average Bonchev–Trinajstić information content (AvgIpc) is 3.27. The molecule has 2 aromatic carbocycles. The number of halogens is 2. The molecule has 1 saturated carbocycles. The Morgan fingerprint density at radius 1 is 1.21 bits per heavy atom. The second kappa shape index (κ2) is 6.44. The summed E-state index contributed by atoms with van der Waals surface area (Å²) in [5.41, 5.74) is 4.39. The van der Waals surface area contributed by atoms with Crippen LogP contribution >= 0.6 is 0 Å². The van der Waals surface area contributed by atoms with E-state index in [0.29, 0.717) is 11.7 Å². The molecule has 4 nitrogen and oxygen atoms in total. The fourth-order valence-corrected chi connectivity index (χ4v) is 5.27. The average molecular weight is 405 g/mol. The Labute approximate surface area is 164 Å². The number of alkyl halides is 2. The van der Waals surface area contributed by atoms with E-state index in [-0.39, 0.29) is 23.3 Å². The molecular weight excluding hydrogens is 384 g/mol. The van der Waals surface area contributed by atoms with Gasteiger partial charge in [-0.15, -0.1) is 8.78 Å². The topological polar surface area (TPSA) is 47.6 Å². The first-order valence-corrected chi connectivity index (χ1v) is 11.2. The molecule has 2 aromatic rings. The first kappa shape index (κ1) is 17.9. The van der Waals surface area contributed by atoms with Gasteiger partial charge in [0.2, 0.25) is 0 Å². The number of ether oxygens (including phenoxy) is 2. The van der Waals surface area contributed by atoms with Gasteiger partial charge in [-0.05, 0) is 53.5 Å². The van der Waals surface area contributed by atoms with Crippen molar-refractivity contribution in [2.75, 3.05) is 18.1 Å². The molecule has 0 bridgehead atoms. The molecule has 1 fully saturated rings. The Morgan fingerprint density at radius 3 is 2.75 bits per heavy atom. The highest BCUT2D eigenvalue weighted by Gasteiger charge is 2.45. The van der Waals surface area contributed by atoms with Crippen LogP contribution in [-0.2, 0) is 16.6 Å². The predicted molar refractivity (Wildman–Crippen MR) is 104 cm³/mol. The first-order chi connectivity index (χ1) is 13.4. The van der Waals surface area contributed by atoms with Gasteiger partial charge < -0.3 is 14.8 Å². The lowest BCUT2D eigenvalue weighted by molar-refractivity contribution is -0.286. The number of anilines is 1. The van der Waals surface area contributed by atoms with Crippen LogP contribution in [0, 0.1) is 5.92 Å². The molecule has 5 rings (SSSR count). The molecule has 7 heteroatoms. The second-order valence-corrected chi connectivity index (χ2v) is 9.26. The molecule has 2 aliphatic heterocycles. The van der Waals surface area contributed by atoms with Crippen molar-refractivity contribution in [3.05, 3.63) is 53.1 Å². The number of fused-ring (bicyclic) bond motifs is 2. The van der Waals surface area contributed by atoms with Crippen LogP contribution in [-0.4, -0.2) is 23.3 Å². The van der Waals surface area contributed by atoms with Gasteiger partial charge in [0.15, 0.2) is 11.5 Å². The van der Waals surface area contributed by atoms with Crippen molar-refractivity contribution in [2.24, 2.45) is 5.92 Å². The van der Waals surface area contributed by atoms with Crippen LogP contribution in [0.4, 0.5) is 14.5 Å². The third-order valence-electron chi connectivity index (χ3n) is 5.81. The molecule has 0 aromatic heterocycles. The predicted octanol–water partition coefficient (Wildman–Crippen LogP) is 4.59. The summed E-state index contributed by atoms with van der Waals surface area (Å²) in [6.45, 7) is 0.786. The van der Waals surface area contributed by atoms with Crippen LogP contribution in [0.15, 0.2) is 36.4 Å². The Hall–Kier alpha value is -2.15. The zero-order valence-electron chi connectivity index (χ0n) is 15.4. The SMILES string of the molecule is CS(=O)Cc1cccc2c1NCC2C(c1ccc2c(c1)OC(F)(F)O2)C1CC1. The van der Waals surface area contributed by atoms with E-state index in [1.54, 1.807) is 18.4 Å². The molecule has 1 N–H and O–H groups in total. The third kappa shape index (κ3) is 3.15. The van der Waals surface area contributed by atoms with E-state index in [1.165, 1.54) is 5.56 Å². The minimum Gasteiger partial charge on any atom is -0.395 e. The zero-order chi connectivity index (χ0) is 19.5. The van der Waals surface area contributed by atoms with Crippen LogP contribution in [0.2, 0.25) is 0 Å². The van der Waals surface area contributed by atoms with Gasteiger partial charge in [-0.1, -0.05) is 24.3 Å². The molecule has 2 heterocycles. The van der Waals surface area contributed by atoms with Gasteiger partial charge in [0.25, 0.3) is 0 Å². The van der Waals surface area contributed by atoms with Crippen LogP contribution in [0.5, 0.6) is 11.5 Å². The third-order valence-corrected chi connectivity index (χ3v) is 6.53. The summed E-state index contributed by atoms with van der Waals surface area (Å²) in [7, 11) is -0.912. The van der Waals surface area contributed by atoms with Crippen LogP contribution in [0.3, 0.4) is 0 Å². The normalized spacial score (nSPS) is 23.8. The van der Waals surface area contributed by atoms with Crippen molar-refractivity contribution in [3.63, 3.8) is 0 Å². The van der Waals surface area contributed by atoms with Crippen molar-refractivity contribution in [1.82, 2.24) is 0 Å². The molecule has 3 aliphatic rings. The fourth-order valence-electron chi connectivity index (χ4n) is 4.59. The minimum atomic E-state index is -3.59. The summed E-state index contributed by atoms with van der Waals surface area (Å²) in [5.74, 6) is 1.71. The molecular formula is C21H21F2NO3S. The van der Waals surface area contributed by atoms with Crippen molar-refractivity contribution in [3.8, 4) is 11.5 Å². The van der Waals surface area contributed by atoms with Crippen LogP contribution < -0.4 is 14.8 Å². The van der Waals surface area contributed by atoms with E-state index >= 15 is 0 Å². The van der Waals surface area contributed by atoms with E-state index in [1.807, 2.05) is 18.2 Å². The maximum absolute atomic E-state index is 13.4. The highest BCUT2D eigenvalue weighted by Crippen LogP contribution is 2.54. The monoisotopic (exact) mass is 405 g/mol. The van der Waals surface area contributed by atoms with E-state index < -0.39 is 17.1 Å². The minimum absolute atomic E-state index is 0.0842. The lowest BCUT2D eigenvalue weighted by Gasteiger charge is -2.24. The summed E-state index contributed by atoms with van der Waals surface area (Å²) in [4.78, 5) is 0. The van der Waals surface area contributed by atoms with Crippen molar-refractivity contribution in [2.45, 2.75) is 36.7 Å². The molecule has 0 saturated heterocycles. The Bertz CT molecular complexity index is 961. The number of rotatable bonds is 5. The molecule has 0 radical (unpaired) electrons. The number of para-hydroxylation sites is 1. The zero-order valence-corrected chi connectivity index (χ0v) is 16.2. The number of hydrogen-bond donors (Lipinski definition) is 1. The molecule has 0 spiro atoms. The van der Waals surface area contributed by atoms with E-state index in [9.17, 15) is 13.0 Å². The van der Waals surface area contributed by atoms with E-state index in [4.69, 9.17) is 0 Å². The Kier molecular flexibility index (Phi) is 4.12. The number of nitrogens with one attached hydrogen (secondary N) is 1. The van der Waals surface area contributed by atoms with Crippen molar-refractivity contribution < 1.29 is 22.5 Å². The smallest absolute Gasteiger partial charge is 0.395 e. The Balaban J connectivity index is 1.50. The van der Waals surface area contributed by atoms with Gasteiger partial charge in [0.1, 0.15) is 0 Å². The summed E-state index contributed by atoms with van der Waals surface area (Å²) >= 11 is 0. The van der Waals surface area contributed by atoms with E-state index in [0.717, 1.165) is 36.2 Å². The van der Waals surface area contributed by atoms with Crippen molar-refractivity contribution in [1.29, 1.82) is 0 Å². The van der Waals surface area contributed by atoms with Crippen LogP contribution in [0.25, 0.3) is 0 Å². The summed E-state index contributed by atoms with van der Waals surface area (Å²) < 4.78 is 47.8. The number of benzene rings is 2. The summed E-state index contributed by atoms with van der Waals surface area (Å²) in [6, 6.07) is 11.3. The fraction of sp³-hybridized carbons (Fsp3) is 0.429. The second-order valence-electron chi connectivity index (χ2n) is 7.82. The van der Waals surface area contributed by atoms with E-state index in [2.05, 4.69) is 20.9 Å². The quantitative estimate of drug-likeness (QED) is 0.791. The van der Waals surface area contributed by atoms with Crippen LogP contribution in [0.1, 0.15) is 41.4 Å². The molecule has 3 unspecified atom stereocenters. The molecule has 28 heavy (non-hydrogen) atoms. The largest absolute Gasteiger partial charge is 0.586 e. The maximum atomic E-state index is 13.4. The lowest BCUT2D eigenvalue weighted by atomic mass is 9.79. The highest BCUT2D eigenvalue weighted by atomic mass is 32.2. The first-order valence-electron chi connectivity index (χ1n) is 9.47. The summed E-state index contributed by atoms with van der Waals surface area (Å²) in [5, 5.41) is 3.51. The standard InChI is InChI=1S/C21H21F2NO3S/c1-28(25)11-14-3-2-4-15-16(10-24-20(14)15)19(12-5-6-12)13-7-8-17-18(9-13)27-21(22,23)26-17/h2-4,7-9,12,16,19,24H,5-6,10-11H2,1H3. The molecule has 1 aliphatic carbocycles. The molecule has 3 atom stereocenters. The van der Waals surface area contributed by atoms with Gasteiger partial charge in [0, 0.05) is 35.2 Å². The number of hydrogen-bond acceptors (Lipinski definition) is 4. The van der Waals surface area contributed by atoms with Gasteiger partial charge in [-0.25, -0.2) is 0 Å². The maximum Gasteiger partial charge on any atom is 0.586 e. The highest BCUT2D eigenvalue weighted by molar-refractivity contribution is 7.83. The van der Waals surface area contributed by atoms with Gasteiger partial charge in [-0.3, -0.25) is 4.21 Å². The van der Waals surface area contributed by atoms with Crippen molar-refractivity contribution >= 4 is 16.5 Å². The Morgan fingerprint density at radius 2 is 2.00 bits per heavy atom. The summed E-state index contributed by atoms with van der Waals surface area (Å²) in [6.07, 6.45) is 0.392.